The molecule has 0 bridgehead atoms. The van der Waals surface area contributed by atoms with Crippen LogP contribution in [0, 0.1) is 11.8 Å². The molecule has 0 aromatic rings. The molecule has 0 N–H and O–H groups in total. The summed E-state index contributed by atoms with van der Waals surface area (Å²) < 4.78 is 36.8. The Balaban J connectivity index is 2.54. The first-order chi connectivity index (χ1) is 6.32. The molecule has 0 radical (unpaired) electrons. The monoisotopic (exact) mass is 209 g/mol. The Hall–Kier alpha value is -0.740. The fraction of sp³-hybridized carbons (Fsp3) is 0.889. The van der Waals surface area contributed by atoms with E-state index in [9.17, 15) is 18.0 Å². The summed E-state index contributed by atoms with van der Waals surface area (Å²) in [6.07, 6.45) is -4.12. The molecule has 1 fully saturated rings. The Labute approximate surface area is 81.1 Å². The Bertz CT molecular complexity index is 225. The molecule has 1 aliphatic rings. The third-order valence-corrected chi connectivity index (χ3v) is 2.46. The second kappa shape index (κ2) is 3.79. The van der Waals surface area contributed by atoms with Crippen LogP contribution >= 0.6 is 0 Å². The molecule has 0 spiro atoms. The smallest absolute Gasteiger partial charge is 0.342 e. The van der Waals surface area contributed by atoms with E-state index < -0.39 is 12.1 Å². The van der Waals surface area contributed by atoms with Crippen molar-refractivity contribution in [1.29, 1.82) is 0 Å². The largest absolute Gasteiger partial charge is 0.393 e. The minimum absolute atomic E-state index is 0.0436. The van der Waals surface area contributed by atoms with Gasteiger partial charge in [0.15, 0.2) is 0 Å². The molecular formula is C9H14F3NO. The second-order valence-electron chi connectivity index (χ2n) is 3.97. The predicted molar refractivity (Wildman–Crippen MR) is 45.6 cm³/mol. The molecule has 1 rings (SSSR count). The number of rotatable bonds is 1. The number of nitrogens with zero attached hydrogens (tertiary/aromatic N) is 1. The van der Waals surface area contributed by atoms with E-state index in [1.807, 2.05) is 0 Å². The summed E-state index contributed by atoms with van der Waals surface area (Å²) in [5, 5.41) is 0. The zero-order chi connectivity index (χ0) is 10.9. The molecule has 1 aliphatic heterocycles. The fourth-order valence-electron chi connectivity index (χ4n) is 1.59. The first-order valence-corrected chi connectivity index (χ1v) is 4.68. The molecule has 5 heteroatoms. The van der Waals surface area contributed by atoms with Gasteiger partial charge in [0.05, 0.1) is 5.92 Å². The molecule has 0 aromatic carbocycles. The molecule has 1 amide bonds. The molecule has 2 nitrogen and oxygen atoms in total. The number of likely N-dealkylation sites (tertiary alicyclic amines) is 1. The maximum Gasteiger partial charge on any atom is 0.393 e. The molecule has 0 aliphatic carbocycles. The third kappa shape index (κ3) is 2.39. The standard InChI is InChI=1S/C9H14F3NO/c1-6(2)8(14)13-4-3-7(5-13)9(10,11)12/h6-7H,3-5H2,1-2H3. The van der Waals surface area contributed by atoms with Crippen molar-refractivity contribution >= 4 is 5.91 Å². The number of hydrogen-bond acceptors (Lipinski definition) is 1. The summed E-state index contributed by atoms with van der Waals surface area (Å²) in [7, 11) is 0. The van der Waals surface area contributed by atoms with Crippen LogP contribution in [0.4, 0.5) is 13.2 Å². The molecule has 1 unspecified atom stereocenters. The number of alkyl halides is 3. The molecule has 82 valence electrons. The van der Waals surface area contributed by atoms with Gasteiger partial charge in [0.2, 0.25) is 5.91 Å². The van der Waals surface area contributed by atoms with Gasteiger partial charge in [-0.05, 0) is 6.42 Å². The van der Waals surface area contributed by atoms with Gasteiger partial charge in [0, 0.05) is 19.0 Å². The zero-order valence-corrected chi connectivity index (χ0v) is 8.27. The Morgan fingerprint density at radius 3 is 2.36 bits per heavy atom. The van der Waals surface area contributed by atoms with Gasteiger partial charge >= 0.3 is 6.18 Å². The quantitative estimate of drug-likeness (QED) is 0.647. The van der Waals surface area contributed by atoms with Crippen molar-refractivity contribution in [3.8, 4) is 0 Å². The Morgan fingerprint density at radius 1 is 1.43 bits per heavy atom. The van der Waals surface area contributed by atoms with Gasteiger partial charge in [0.1, 0.15) is 0 Å². The lowest BCUT2D eigenvalue weighted by molar-refractivity contribution is -0.171. The van der Waals surface area contributed by atoms with Crippen LogP contribution in [0.1, 0.15) is 20.3 Å². The average Bonchev–Trinajstić information content (AvgIpc) is 2.49. The summed E-state index contributed by atoms with van der Waals surface area (Å²) in [4.78, 5) is 12.7. The molecule has 1 saturated heterocycles. The van der Waals surface area contributed by atoms with E-state index in [0.29, 0.717) is 0 Å². The van der Waals surface area contributed by atoms with Gasteiger partial charge in [-0.15, -0.1) is 0 Å². The molecule has 1 heterocycles. The lowest BCUT2D eigenvalue weighted by Crippen LogP contribution is -2.34. The van der Waals surface area contributed by atoms with E-state index >= 15 is 0 Å². The third-order valence-electron chi connectivity index (χ3n) is 2.46. The normalized spacial score (nSPS) is 23.3. The van der Waals surface area contributed by atoms with E-state index in [1.54, 1.807) is 13.8 Å². The number of carbonyl (C=O) groups is 1. The minimum Gasteiger partial charge on any atom is -0.342 e. The van der Waals surface area contributed by atoms with Gasteiger partial charge in [0.25, 0.3) is 0 Å². The zero-order valence-electron chi connectivity index (χ0n) is 8.27. The maximum atomic E-state index is 12.3. The summed E-state index contributed by atoms with van der Waals surface area (Å²) in [6.45, 7) is 3.47. The molecule has 14 heavy (non-hydrogen) atoms. The second-order valence-corrected chi connectivity index (χ2v) is 3.97. The highest BCUT2D eigenvalue weighted by Crippen LogP contribution is 2.33. The van der Waals surface area contributed by atoms with Gasteiger partial charge in [-0.25, -0.2) is 0 Å². The number of carbonyl (C=O) groups excluding carboxylic acids is 1. The SMILES string of the molecule is CC(C)C(=O)N1CCC(C(F)(F)F)C1. The first kappa shape index (κ1) is 11.3. The van der Waals surface area contributed by atoms with Crippen molar-refractivity contribution in [3.05, 3.63) is 0 Å². The lowest BCUT2D eigenvalue weighted by atomic mass is 10.1. The molecular weight excluding hydrogens is 195 g/mol. The van der Waals surface area contributed by atoms with Crippen molar-refractivity contribution in [1.82, 2.24) is 4.90 Å². The van der Waals surface area contributed by atoms with Crippen LogP contribution in [0.3, 0.4) is 0 Å². The fourth-order valence-corrected chi connectivity index (χ4v) is 1.59. The van der Waals surface area contributed by atoms with E-state index in [-0.39, 0.29) is 31.3 Å². The number of amides is 1. The summed E-state index contributed by atoms with van der Waals surface area (Å²) >= 11 is 0. The molecule has 0 saturated carbocycles. The Kier molecular flexibility index (Phi) is 3.07. The van der Waals surface area contributed by atoms with Gasteiger partial charge in [-0.3, -0.25) is 4.79 Å². The number of halogens is 3. The van der Waals surface area contributed by atoms with E-state index in [4.69, 9.17) is 0 Å². The Morgan fingerprint density at radius 2 is 2.00 bits per heavy atom. The van der Waals surface area contributed by atoms with Crippen LogP contribution in [0.25, 0.3) is 0 Å². The van der Waals surface area contributed by atoms with Gasteiger partial charge in [-0.2, -0.15) is 13.2 Å². The van der Waals surface area contributed by atoms with Crippen LogP contribution in [0.2, 0.25) is 0 Å². The van der Waals surface area contributed by atoms with Crippen LogP contribution in [-0.4, -0.2) is 30.1 Å². The van der Waals surface area contributed by atoms with Crippen LogP contribution in [0.15, 0.2) is 0 Å². The van der Waals surface area contributed by atoms with Crippen molar-refractivity contribution in [2.24, 2.45) is 11.8 Å². The summed E-state index contributed by atoms with van der Waals surface area (Å²) in [6, 6.07) is 0. The predicted octanol–water partition coefficient (Wildman–Crippen LogP) is 2.05. The first-order valence-electron chi connectivity index (χ1n) is 4.68. The molecule has 1 atom stereocenters. The minimum atomic E-state index is -4.16. The highest BCUT2D eigenvalue weighted by molar-refractivity contribution is 5.78. The van der Waals surface area contributed by atoms with E-state index in [0.717, 1.165) is 0 Å². The van der Waals surface area contributed by atoms with Crippen molar-refractivity contribution in [3.63, 3.8) is 0 Å². The van der Waals surface area contributed by atoms with Crippen molar-refractivity contribution in [2.75, 3.05) is 13.1 Å². The van der Waals surface area contributed by atoms with E-state index in [1.165, 1.54) is 4.90 Å². The average molecular weight is 209 g/mol. The van der Waals surface area contributed by atoms with Gasteiger partial charge < -0.3 is 4.90 Å². The van der Waals surface area contributed by atoms with Gasteiger partial charge in [-0.1, -0.05) is 13.8 Å². The highest BCUT2D eigenvalue weighted by atomic mass is 19.4. The number of hydrogen-bond donors (Lipinski definition) is 0. The topological polar surface area (TPSA) is 20.3 Å². The summed E-state index contributed by atoms with van der Waals surface area (Å²) in [5.74, 6) is -1.73. The molecule has 0 aromatic heterocycles. The van der Waals surface area contributed by atoms with E-state index in [2.05, 4.69) is 0 Å². The van der Waals surface area contributed by atoms with Crippen molar-refractivity contribution in [2.45, 2.75) is 26.4 Å². The van der Waals surface area contributed by atoms with Crippen LogP contribution in [-0.2, 0) is 4.79 Å². The maximum absolute atomic E-state index is 12.3. The lowest BCUT2D eigenvalue weighted by Gasteiger charge is -2.19. The van der Waals surface area contributed by atoms with Crippen molar-refractivity contribution < 1.29 is 18.0 Å². The van der Waals surface area contributed by atoms with Crippen LogP contribution < -0.4 is 0 Å². The van der Waals surface area contributed by atoms with Crippen LogP contribution in [0.5, 0.6) is 0 Å². The summed E-state index contributed by atoms with van der Waals surface area (Å²) in [5.41, 5.74) is 0. The highest BCUT2D eigenvalue weighted by Gasteiger charge is 2.44.